The highest BCUT2D eigenvalue weighted by molar-refractivity contribution is 5.76. The van der Waals surface area contributed by atoms with Gasteiger partial charge in [0, 0.05) is 32.6 Å². The maximum atomic E-state index is 12.2. The fourth-order valence-electron chi connectivity index (χ4n) is 3.37. The first-order valence-corrected chi connectivity index (χ1v) is 7.04. The lowest BCUT2D eigenvalue weighted by Gasteiger charge is -2.20. The number of amides is 1. The van der Waals surface area contributed by atoms with Gasteiger partial charge in [0.2, 0.25) is 5.91 Å². The summed E-state index contributed by atoms with van der Waals surface area (Å²) >= 11 is 0. The largest absolute Gasteiger partial charge is 0.342 e. The minimum Gasteiger partial charge on any atom is -0.342 e. The van der Waals surface area contributed by atoms with Gasteiger partial charge in [-0.25, -0.2) is 0 Å². The maximum absolute atomic E-state index is 12.2. The van der Waals surface area contributed by atoms with E-state index in [-0.39, 0.29) is 0 Å². The second-order valence-corrected chi connectivity index (χ2v) is 6.42. The Labute approximate surface area is 105 Å². The van der Waals surface area contributed by atoms with Gasteiger partial charge >= 0.3 is 0 Å². The van der Waals surface area contributed by atoms with Crippen molar-refractivity contribution in [1.82, 2.24) is 10.2 Å². The Balaban J connectivity index is 1.77. The second-order valence-electron chi connectivity index (χ2n) is 6.42. The van der Waals surface area contributed by atoms with Crippen molar-refractivity contribution in [2.45, 2.75) is 33.6 Å². The van der Waals surface area contributed by atoms with Crippen LogP contribution in [0.25, 0.3) is 0 Å². The van der Waals surface area contributed by atoms with Crippen LogP contribution in [0.3, 0.4) is 0 Å². The van der Waals surface area contributed by atoms with E-state index in [1.807, 2.05) is 0 Å². The van der Waals surface area contributed by atoms with Crippen LogP contribution in [0.1, 0.15) is 33.6 Å². The molecule has 98 valence electrons. The van der Waals surface area contributed by atoms with E-state index in [1.54, 1.807) is 0 Å². The monoisotopic (exact) mass is 238 g/mol. The van der Waals surface area contributed by atoms with Crippen LogP contribution in [0, 0.1) is 23.7 Å². The zero-order chi connectivity index (χ0) is 12.4. The molecule has 3 heteroatoms. The van der Waals surface area contributed by atoms with Gasteiger partial charge < -0.3 is 10.2 Å². The van der Waals surface area contributed by atoms with Crippen LogP contribution in [0.2, 0.25) is 0 Å². The van der Waals surface area contributed by atoms with Gasteiger partial charge in [0.15, 0.2) is 0 Å². The Morgan fingerprint density at radius 2 is 1.82 bits per heavy atom. The number of fused-ring (bicyclic) bond motifs is 1. The molecule has 3 atom stereocenters. The summed E-state index contributed by atoms with van der Waals surface area (Å²) in [6.07, 6.45) is 1.90. The van der Waals surface area contributed by atoms with Gasteiger partial charge in [-0.2, -0.15) is 0 Å². The van der Waals surface area contributed by atoms with Gasteiger partial charge in [-0.15, -0.1) is 0 Å². The molecule has 1 unspecified atom stereocenters. The molecule has 2 rings (SSSR count). The molecule has 0 aromatic carbocycles. The number of hydrogen-bond acceptors (Lipinski definition) is 2. The molecule has 0 bridgehead atoms. The molecule has 0 saturated carbocycles. The van der Waals surface area contributed by atoms with Gasteiger partial charge in [-0.1, -0.05) is 20.8 Å². The molecule has 0 aliphatic carbocycles. The van der Waals surface area contributed by atoms with Crippen molar-refractivity contribution in [1.29, 1.82) is 0 Å². The van der Waals surface area contributed by atoms with Crippen LogP contribution in [0.15, 0.2) is 0 Å². The summed E-state index contributed by atoms with van der Waals surface area (Å²) < 4.78 is 0. The van der Waals surface area contributed by atoms with E-state index in [2.05, 4.69) is 31.0 Å². The van der Waals surface area contributed by atoms with E-state index in [1.165, 1.54) is 0 Å². The highest BCUT2D eigenvalue weighted by atomic mass is 16.2. The van der Waals surface area contributed by atoms with Crippen LogP contribution in [-0.2, 0) is 4.79 Å². The lowest BCUT2D eigenvalue weighted by molar-refractivity contribution is -0.131. The van der Waals surface area contributed by atoms with Gasteiger partial charge in [0.1, 0.15) is 0 Å². The van der Waals surface area contributed by atoms with Crippen molar-refractivity contribution in [2.24, 2.45) is 23.7 Å². The van der Waals surface area contributed by atoms with Crippen molar-refractivity contribution in [3.05, 3.63) is 0 Å². The normalized spacial score (nSPS) is 29.8. The van der Waals surface area contributed by atoms with Gasteiger partial charge in [-0.3, -0.25) is 4.79 Å². The van der Waals surface area contributed by atoms with E-state index >= 15 is 0 Å². The fourth-order valence-corrected chi connectivity index (χ4v) is 3.37. The lowest BCUT2D eigenvalue weighted by atomic mass is 9.95. The minimum absolute atomic E-state index is 0.382. The molecule has 1 amide bonds. The lowest BCUT2D eigenvalue weighted by Crippen LogP contribution is -2.32. The standard InChI is InChI=1S/C14H26N2O/c1-10(2)4-11(3)5-14(17)16-8-12-6-15-7-13(12)9-16/h10-13,15H,4-9H2,1-3H3/t11?,12-,13+. The number of carbonyl (C=O) groups excluding carboxylic acids is 1. The van der Waals surface area contributed by atoms with Gasteiger partial charge in [-0.05, 0) is 30.1 Å². The Bertz CT molecular complexity index is 265. The predicted octanol–water partition coefficient (Wildman–Crippen LogP) is 1.74. The summed E-state index contributed by atoms with van der Waals surface area (Å²) in [7, 11) is 0. The predicted molar refractivity (Wildman–Crippen MR) is 69.7 cm³/mol. The Hall–Kier alpha value is -0.570. The SMILES string of the molecule is CC(C)CC(C)CC(=O)N1C[C@H]2CNC[C@H]2C1. The molecule has 0 aromatic rings. The van der Waals surface area contributed by atoms with Crippen LogP contribution in [-0.4, -0.2) is 37.0 Å². The van der Waals surface area contributed by atoms with Crippen LogP contribution < -0.4 is 5.32 Å². The summed E-state index contributed by atoms with van der Waals surface area (Å²) in [6, 6.07) is 0. The number of carbonyl (C=O) groups is 1. The first kappa shape index (κ1) is 12.9. The smallest absolute Gasteiger partial charge is 0.222 e. The Kier molecular flexibility index (Phi) is 4.08. The van der Waals surface area contributed by atoms with Crippen molar-refractivity contribution < 1.29 is 4.79 Å². The molecule has 0 aromatic heterocycles. The molecule has 17 heavy (non-hydrogen) atoms. The average molecular weight is 238 g/mol. The average Bonchev–Trinajstić information content (AvgIpc) is 2.73. The van der Waals surface area contributed by atoms with E-state index in [0.29, 0.717) is 17.7 Å². The number of hydrogen-bond donors (Lipinski definition) is 1. The second kappa shape index (κ2) is 5.38. The van der Waals surface area contributed by atoms with E-state index < -0.39 is 0 Å². The topological polar surface area (TPSA) is 32.3 Å². The molecule has 3 nitrogen and oxygen atoms in total. The molecule has 0 radical (unpaired) electrons. The van der Waals surface area contributed by atoms with Gasteiger partial charge in [0.25, 0.3) is 0 Å². The van der Waals surface area contributed by atoms with E-state index in [4.69, 9.17) is 0 Å². The van der Waals surface area contributed by atoms with E-state index in [0.717, 1.165) is 50.9 Å². The first-order valence-electron chi connectivity index (χ1n) is 7.04. The number of likely N-dealkylation sites (tertiary alicyclic amines) is 1. The van der Waals surface area contributed by atoms with Crippen molar-refractivity contribution in [3.8, 4) is 0 Å². The number of nitrogens with zero attached hydrogens (tertiary/aromatic N) is 1. The molecule has 2 heterocycles. The quantitative estimate of drug-likeness (QED) is 0.809. The molecule has 2 saturated heterocycles. The molecule has 2 aliphatic heterocycles. The van der Waals surface area contributed by atoms with Gasteiger partial charge in [0.05, 0.1) is 0 Å². The zero-order valence-electron chi connectivity index (χ0n) is 11.4. The Morgan fingerprint density at radius 1 is 1.24 bits per heavy atom. The third kappa shape index (κ3) is 3.21. The highest BCUT2D eigenvalue weighted by Crippen LogP contribution is 2.27. The fraction of sp³-hybridized carbons (Fsp3) is 0.929. The van der Waals surface area contributed by atoms with Crippen molar-refractivity contribution in [3.63, 3.8) is 0 Å². The molecular formula is C14H26N2O. The van der Waals surface area contributed by atoms with Crippen LogP contribution >= 0.6 is 0 Å². The highest BCUT2D eigenvalue weighted by Gasteiger charge is 2.37. The zero-order valence-corrected chi connectivity index (χ0v) is 11.4. The van der Waals surface area contributed by atoms with Crippen LogP contribution in [0.5, 0.6) is 0 Å². The number of rotatable bonds is 4. The summed E-state index contributed by atoms with van der Waals surface area (Å²) in [5.74, 6) is 3.05. The maximum Gasteiger partial charge on any atom is 0.222 e. The third-order valence-corrected chi connectivity index (χ3v) is 4.14. The summed E-state index contributed by atoms with van der Waals surface area (Å²) in [5.41, 5.74) is 0. The van der Waals surface area contributed by atoms with E-state index in [9.17, 15) is 4.79 Å². The van der Waals surface area contributed by atoms with Crippen molar-refractivity contribution in [2.75, 3.05) is 26.2 Å². The minimum atomic E-state index is 0.382. The molecule has 2 aliphatic rings. The molecule has 1 N–H and O–H groups in total. The van der Waals surface area contributed by atoms with Crippen molar-refractivity contribution >= 4 is 5.91 Å². The molecule has 2 fully saturated rings. The molecular weight excluding hydrogens is 212 g/mol. The molecule has 0 spiro atoms. The number of nitrogens with one attached hydrogen (secondary N) is 1. The summed E-state index contributed by atoms with van der Waals surface area (Å²) in [6.45, 7) is 10.9. The summed E-state index contributed by atoms with van der Waals surface area (Å²) in [4.78, 5) is 14.3. The third-order valence-electron chi connectivity index (χ3n) is 4.14. The first-order chi connectivity index (χ1) is 8.06. The Morgan fingerprint density at radius 3 is 2.35 bits per heavy atom. The van der Waals surface area contributed by atoms with Crippen LogP contribution in [0.4, 0.5) is 0 Å². The summed E-state index contributed by atoms with van der Waals surface area (Å²) in [5, 5.41) is 3.41.